The Bertz CT molecular complexity index is 424. The van der Waals surface area contributed by atoms with Gasteiger partial charge in [-0.25, -0.2) is 0 Å². The number of rotatable bonds is 4. The van der Waals surface area contributed by atoms with Crippen molar-refractivity contribution in [1.82, 2.24) is 4.90 Å². The lowest BCUT2D eigenvalue weighted by atomic mass is 10.1. The second kappa shape index (κ2) is 4.78. The molecule has 0 aromatic heterocycles. The number of amides is 1. The second-order valence-corrected chi connectivity index (χ2v) is 4.80. The van der Waals surface area contributed by atoms with Crippen LogP contribution in [0, 0.1) is 6.92 Å². The van der Waals surface area contributed by atoms with Crippen LogP contribution < -0.4 is 5.73 Å². The van der Waals surface area contributed by atoms with Gasteiger partial charge in [-0.05, 0) is 49.9 Å². The molecule has 1 fully saturated rings. The van der Waals surface area contributed by atoms with Gasteiger partial charge in [-0.2, -0.15) is 0 Å². The predicted octanol–water partition coefficient (Wildman–Crippen LogP) is 2.59. The zero-order valence-corrected chi connectivity index (χ0v) is 10.6. The third-order valence-electron chi connectivity index (χ3n) is 3.23. The van der Waals surface area contributed by atoms with E-state index in [1.54, 1.807) is 0 Å². The quantitative estimate of drug-likeness (QED) is 0.811. The standard InChI is InChI=1S/C14H20N2O/c1-3-8-16(12-5-6-12)14(17)11-4-7-13(15)10(2)9-11/h4,7,9,12H,3,5-6,8,15H2,1-2H3. The first-order valence-corrected chi connectivity index (χ1v) is 6.30. The molecule has 0 bridgehead atoms. The first-order valence-electron chi connectivity index (χ1n) is 6.30. The lowest BCUT2D eigenvalue weighted by molar-refractivity contribution is 0.0743. The van der Waals surface area contributed by atoms with Crippen LogP contribution in [-0.4, -0.2) is 23.4 Å². The van der Waals surface area contributed by atoms with Crippen molar-refractivity contribution >= 4 is 11.6 Å². The third kappa shape index (κ3) is 2.60. The Morgan fingerprint density at radius 3 is 2.71 bits per heavy atom. The maximum absolute atomic E-state index is 12.4. The highest BCUT2D eigenvalue weighted by Crippen LogP contribution is 2.28. The van der Waals surface area contributed by atoms with E-state index in [4.69, 9.17) is 5.73 Å². The summed E-state index contributed by atoms with van der Waals surface area (Å²) in [6.07, 6.45) is 3.32. The topological polar surface area (TPSA) is 46.3 Å². The zero-order valence-electron chi connectivity index (χ0n) is 10.6. The van der Waals surface area contributed by atoms with Gasteiger partial charge in [-0.3, -0.25) is 4.79 Å². The van der Waals surface area contributed by atoms with Crippen LogP contribution in [0.1, 0.15) is 42.1 Å². The Kier molecular flexibility index (Phi) is 3.36. The van der Waals surface area contributed by atoms with Crippen LogP contribution in [0.4, 0.5) is 5.69 Å². The van der Waals surface area contributed by atoms with Crippen molar-refractivity contribution in [3.8, 4) is 0 Å². The second-order valence-electron chi connectivity index (χ2n) is 4.80. The van der Waals surface area contributed by atoms with E-state index in [9.17, 15) is 4.79 Å². The van der Waals surface area contributed by atoms with Crippen LogP contribution in [0.5, 0.6) is 0 Å². The fourth-order valence-electron chi connectivity index (χ4n) is 2.05. The molecule has 1 saturated carbocycles. The molecule has 0 radical (unpaired) electrons. The van der Waals surface area contributed by atoms with Crippen LogP contribution in [0.15, 0.2) is 18.2 Å². The number of anilines is 1. The summed E-state index contributed by atoms with van der Waals surface area (Å²) < 4.78 is 0. The van der Waals surface area contributed by atoms with Gasteiger partial charge in [0, 0.05) is 23.8 Å². The van der Waals surface area contributed by atoms with Crippen LogP contribution in [0.25, 0.3) is 0 Å². The first kappa shape index (κ1) is 12.0. The molecule has 0 saturated heterocycles. The van der Waals surface area contributed by atoms with E-state index < -0.39 is 0 Å². The van der Waals surface area contributed by atoms with E-state index in [0.29, 0.717) is 6.04 Å². The first-order chi connectivity index (χ1) is 8.13. The molecular formula is C14H20N2O. The van der Waals surface area contributed by atoms with Crippen molar-refractivity contribution in [2.75, 3.05) is 12.3 Å². The maximum atomic E-state index is 12.4. The van der Waals surface area contributed by atoms with E-state index >= 15 is 0 Å². The van der Waals surface area contributed by atoms with Crippen LogP contribution in [-0.2, 0) is 0 Å². The molecule has 1 aliphatic rings. The fraction of sp³-hybridized carbons (Fsp3) is 0.500. The normalized spacial score (nSPS) is 14.7. The Balaban J connectivity index is 2.19. The number of hydrogen-bond donors (Lipinski definition) is 1. The van der Waals surface area contributed by atoms with Crippen molar-refractivity contribution < 1.29 is 4.79 Å². The SMILES string of the molecule is CCCN(C(=O)c1ccc(N)c(C)c1)C1CC1. The Morgan fingerprint density at radius 1 is 1.47 bits per heavy atom. The van der Waals surface area contributed by atoms with E-state index in [-0.39, 0.29) is 5.91 Å². The molecule has 0 aliphatic heterocycles. The molecule has 1 aromatic rings. The minimum atomic E-state index is 0.150. The number of carbonyl (C=O) groups excluding carboxylic acids is 1. The zero-order chi connectivity index (χ0) is 12.4. The summed E-state index contributed by atoms with van der Waals surface area (Å²) in [6, 6.07) is 6.01. The van der Waals surface area contributed by atoms with Crippen LogP contribution in [0.3, 0.4) is 0 Å². The van der Waals surface area contributed by atoms with E-state index in [2.05, 4.69) is 6.92 Å². The molecule has 3 nitrogen and oxygen atoms in total. The van der Waals surface area contributed by atoms with Gasteiger partial charge in [-0.1, -0.05) is 6.92 Å². The smallest absolute Gasteiger partial charge is 0.254 e. The Labute approximate surface area is 103 Å². The van der Waals surface area contributed by atoms with Crippen molar-refractivity contribution in [2.45, 2.75) is 39.2 Å². The van der Waals surface area contributed by atoms with Gasteiger partial charge in [-0.15, -0.1) is 0 Å². The van der Waals surface area contributed by atoms with Crippen molar-refractivity contribution in [1.29, 1.82) is 0 Å². The average molecular weight is 232 g/mol. The number of nitrogens with two attached hydrogens (primary N) is 1. The Hall–Kier alpha value is -1.51. The monoisotopic (exact) mass is 232 g/mol. The third-order valence-corrected chi connectivity index (χ3v) is 3.23. The number of nitrogens with zero attached hydrogens (tertiary/aromatic N) is 1. The average Bonchev–Trinajstić information content (AvgIpc) is 3.13. The van der Waals surface area contributed by atoms with Gasteiger partial charge in [0.25, 0.3) is 5.91 Å². The molecule has 2 N–H and O–H groups in total. The molecule has 17 heavy (non-hydrogen) atoms. The van der Waals surface area contributed by atoms with Gasteiger partial charge in [0.1, 0.15) is 0 Å². The molecule has 1 amide bonds. The summed E-state index contributed by atoms with van der Waals surface area (Å²) in [4.78, 5) is 14.4. The summed E-state index contributed by atoms with van der Waals surface area (Å²) in [5.74, 6) is 0.150. The van der Waals surface area contributed by atoms with E-state index in [0.717, 1.165) is 42.6 Å². The maximum Gasteiger partial charge on any atom is 0.254 e. The minimum Gasteiger partial charge on any atom is -0.399 e. The number of nitrogen functional groups attached to an aromatic ring is 1. The molecule has 1 aliphatic carbocycles. The number of benzene rings is 1. The predicted molar refractivity (Wildman–Crippen MR) is 69.9 cm³/mol. The highest BCUT2D eigenvalue weighted by molar-refractivity contribution is 5.95. The van der Waals surface area contributed by atoms with Crippen molar-refractivity contribution in [3.63, 3.8) is 0 Å². The lowest BCUT2D eigenvalue weighted by Gasteiger charge is -2.22. The molecule has 0 spiro atoms. The van der Waals surface area contributed by atoms with Crippen LogP contribution in [0.2, 0.25) is 0 Å². The fourth-order valence-corrected chi connectivity index (χ4v) is 2.05. The largest absolute Gasteiger partial charge is 0.399 e. The van der Waals surface area contributed by atoms with Crippen LogP contribution >= 0.6 is 0 Å². The summed E-state index contributed by atoms with van der Waals surface area (Å²) in [6.45, 7) is 4.90. The van der Waals surface area contributed by atoms with Gasteiger partial charge >= 0.3 is 0 Å². The lowest BCUT2D eigenvalue weighted by Crippen LogP contribution is -2.33. The summed E-state index contributed by atoms with van der Waals surface area (Å²) >= 11 is 0. The highest BCUT2D eigenvalue weighted by atomic mass is 16.2. The highest BCUT2D eigenvalue weighted by Gasteiger charge is 2.32. The Morgan fingerprint density at radius 2 is 2.18 bits per heavy atom. The molecular weight excluding hydrogens is 212 g/mol. The molecule has 92 valence electrons. The number of carbonyl (C=O) groups is 1. The molecule has 0 unspecified atom stereocenters. The number of hydrogen-bond acceptors (Lipinski definition) is 2. The van der Waals surface area contributed by atoms with Gasteiger partial charge < -0.3 is 10.6 Å². The summed E-state index contributed by atoms with van der Waals surface area (Å²) in [5.41, 5.74) is 8.25. The van der Waals surface area contributed by atoms with Crippen molar-refractivity contribution in [3.05, 3.63) is 29.3 Å². The van der Waals surface area contributed by atoms with Gasteiger partial charge in [0.15, 0.2) is 0 Å². The molecule has 1 aromatic carbocycles. The van der Waals surface area contributed by atoms with E-state index in [1.165, 1.54) is 0 Å². The molecule has 0 heterocycles. The molecule has 2 rings (SSSR count). The number of aryl methyl sites for hydroxylation is 1. The van der Waals surface area contributed by atoms with Gasteiger partial charge in [0.2, 0.25) is 0 Å². The van der Waals surface area contributed by atoms with Gasteiger partial charge in [0.05, 0.1) is 0 Å². The molecule has 0 atom stereocenters. The summed E-state index contributed by atoms with van der Waals surface area (Å²) in [5, 5.41) is 0. The molecule has 3 heteroatoms. The minimum absolute atomic E-state index is 0.150. The van der Waals surface area contributed by atoms with E-state index in [1.807, 2.05) is 30.0 Å². The summed E-state index contributed by atoms with van der Waals surface area (Å²) in [7, 11) is 0. The van der Waals surface area contributed by atoms with Crippen molar-refractivity contribution in [2.24, 2.45) is 0 Å².